The zero-order valence-corrected chi connectivity index (χ0v) is 9.34. The lowest BCUT2D eigenvalue weighted by atomic mass is 10.0. The van der Waals surface area contributed by atoms with Gasteiger partial charge in [-0.1, -0.05) is 0 Å². The molecule has 1 atom stereocenters. The van der Waals surface area contributed by atoms with Crippen LogP contribution in [-0.4, -0.2) is 29.6 Å². The van der Waals surface area contributed by atoms with Gasteiger partial charge >= 0.3 is 0 Å². The first-order chi connectivity index (χ1) is 6.02. The van der Waals surface area contributed by atoms with Crippen molar-refractivity contribution in [3.63, 3.8) is 0 Å². The van der Waals surface area contributed by atoms with Crippen LogP contribution in [0.4, 0.5) is 0 Å². The van der Waals surface area contributed by atoms with Crippen LogP contribution in [0.2, 0.25) is 0 Å². The minimum absolute atomic E-state index is 0.366. The average Bonchev–Trinajstić information content (AvgIpc) is 2.30. The van der Waals surface area contributed by atoms with Crippen LogP contribution in [0.3, 0.4) is 0 Å². The van der Waals surface area contributed by atoms with Crippen LogP contribution >= 0.6 is 0 Å². The molecule has 0 radical (unpaired) electrons. The van der Waals surface area contributed by atoms with Crippen molar-refractivity contribution in [2.75, 3.05) is 13.1 Å². The molecule has 0 amide bonds. The second-order valence-electron chi connectivity index (χ2n) is 5.02. The Morgan fingerprint density at radius 2 is 2.15 bits per heavy atom. The zero-order valence-electron chi connectivity index (χ0n) is 9.34. The summed E-state index contributed by atoms with van der Waals surface area (Å²) in [5, 5.41) is 0. The molecule has 0 saturated carbocycles. The lowest BCUT2D eigenvalue weighted by Gasteiger charge is -2.31. The summed E-state index contributed by atoms with van der Waals surface area (Å²) in [6.45, 7) is 9.31. The molecule has 2 N–H and O–H groups in total. The highest BCUT2D eigenvalue weighted by Gasteiger charge is 2.30. The monoisotopic (exact) mass is 184 g/mol. The predicted molar refractivity (Wildman–Crippen MR) is 57.8 cm³/mol. The number of nitrogens with two attached hydrogens (primary N) is 1. The van der Waals surface area contributed by atoms with Gasteiger partial charge in [0.15, 0.2) is 0 Å². The standard InChI is InChI=1S/C11H24N2/c1-10(12)6-4-8-13-9-5-7-11(13,2)3/h10H,4-9,12H2,1-3H3. The Balaban J connectivity index is 2.21. The summed E-state index contributed by atoms with van der Waals surface area (Å²) in [5.41, 5.74) is 6.17. The quantitative estimate of drug-likeness (QED) is 0.724. The van der Waals surface area contributed by atoms with Gasteiger partial charge in [0.2, 0.25) is 0 Å². The average molecular weight is 184 g/mol. The van der Waals surface area contributed by atoms with E-state index in [0.717, 1.165) is 6.42 Å². The van der Waals surface area contributed by atoms with Crippen molar-refractivity contribution in [3.8, 4) is 0 Å². The Bertz CT molecular complexity index is 152. The van der Waals surface area contributed by atoms with Crippen molar-refractivity contribution in [2.45, 2.75) is 58.0 Å². The van der Waals surface area contributed by atoms with Gasteiger partial charge in [-0.2, -0.15) is 0 Å². The van der Waals surface area contributed by atoms with Crippen LogP contribution in [0.25, 0.3) is 0 Å². The summed E-state index contributed by atoms with van der Waals surface area (Å²) in [6.07, 6.45) is 5.13. The molecule has 1 fully saturated rings. The molecule has 0 spiro atoms. The summed E-state index contributed by atoms with van der Waals surface area (Å²) < 4.78 is 0. The maximum Gasteiger partial charge on any atom is 0.0153 e. The van der Waals surface area contributed by atoms with Crippen LogP contribution in [-0.2, 0) is 0 Å². The summed E-state index contributed by atoms with van der Waals surface area (Å²) in [4.78, 5) is 2.61. The molecular formula is C11H24N2. The molecule has 78 valence electrons. The van der Waals surface area contributed by atoms with E-state index in [1.807, 2.05) is 0 Å². The third-order valence-electron chi connectivity index (χ3n) is 3.16. The van der Waals surface area contributed by atoms with Crippen molar-refractivity contribution in [1.82, 2.24) is 4.90 Å². The first kappa shape index (κ1) is 11.0. The van der Waals surface area contributed by atoms with Gasteiger partial charge in [0, 0.05) is 11.6 Å². The van der Waals surface area contributed by atoms with Crippen LogP contribution in [0.5, 0.6) is 0 Å². The molecule has 1 unspecified atom stereocenters. The van der Waals surface area contributed by atoms with Crippen molar-refractivity contribution >= 4 is 0 Å². The molecule has 2 nitrogen and oxygen atoms in total. The Hall–Kier alpha value is -0.0800. The van der Waals surface area contributed by atoms with Crippen molar-refractivity contribution in [3.05, 3.63) is 0 Å². The molecule has 0 aromatic heterocycles. The number of hydrogen-bond acceptors (Lipinski definition) is 2. The molecule has 13 heavy (non-hydrogen) atoms. The predicted octanol–water partition coefficient (Wildman–Crippen LogP) is 1.99. The highest BCUT2D eigenvalue weighted by Crippen LogP contribution is 2.28. The van der Waals surface area contributed by atoms with Gasteiger partial charge in [-0.3, -0.25) is 4.90 Å². The number of likely N-dealkylation sites (tertiary alicyclic amines) is 1. The van der Waals surface area contributed by atoms with E-state index in [2.05, 4.69) is 25.7 Å². The first-order valence-electron chi connectivity index (χ1n) is 5.53. The number of nitrogens with zero attached hydrogens (tertiary/aromatic N) is 1. The summed E-state index contributed by atoms with van der Waals surface area (Å²) >= 11 is 0. The van der Waals surface area contributed by atoms with Crippen LogP contribution in [0, 0.1) is 0 Å². The number of hydrogen-bond donors (Lipinski definition) is 1. The van der Waals surface area contributed by atoms with Crippen LogP contribution < -0.4 is 5.73 Å². The maximum absolute atomic E-state index is 5.73. The highest BCUT2D eigenvalue weighted by molar-refractivity contribution is 4.87. The van der Waals surface area contributed by atoms with Crippen molar-refractivity contribution < 1.29 is 0 Å². The lowest BCUT2D eigenvalue weighted by Crippen LogP contribution is -2.39. The molecule has 1 aliphatic rings. The Kier molecular flexibility index (Phi) is 3.74. The van der Waals surface area contributed by atoms with E-state index in [9.17, 15) is 0 Å². The molecule has 0 aromatic rings. The zero-order chi connectivity index (χ0) is 9.90. The Morgan fingerprint density at radius 3 is 2.62 bits per heavy atom. The lowest BCUT2D eigenvalue weighted by molar-refractivity contribution is 0.171. The van der Waals surface area contributed by atoms with Crippen molar-refractivity contribution in [1.29, 1.82) is 0 Å². The van der Waals surface area contributed by atoms with E-state index in [0.29, 0.717) is 11.6 Å². The largest absolute Gasteiger partial charge is 0.328 e. The van der Waals surface area contributed by atoms with Gasteiger partial charge in [-0.05, 0) is 59.5 Å². The molecule has 0 aliphatic carbocycles. The van der Waals surface area contributed by atoms with E-state index in [-0.39, 0.29) is 0 Å². The summed E-state index contributed by atoms with van der Waals surface area (Å²) in [7, 11) is 0. The normalized spacial score (nSPS) is 24.9. The molecule has 2 heteroatoms. The third kappa shape index (κ3) is 3.28. The fourth-order valence-electron chi connectivity index (χ4n) is 2.18. The highest BCUT2D eigenvalue weighted by atomic mass is 15.2. The van der Waals surface area contributed by atoms with E-state index < -0.39 is 0 Å². The third-order valence-corrected chi connectivity index (χ3v) is 3.16. The fourth-order valence-corrected chi connectivity index (χ4v) is 2.18. The van der Waals surface area contributed by atoms with Gasteiger partial charge in [0.05, 0.1) is 0 Å². The minimum atomic E-state index is 0.366. The fraction of sp³-hybridized carbons (Fsp3) is 1.00. The van der Waals surface area contributed by atoms with Gasteiger partial charge in [-0.25, -0.2) is 0 Å². The van der Waals surface area contributed by atoms with Gasteiger partial charge in [0.25, 0.3) is 0 Å². The molecule has 1 rings (SSSR count). The second kappa shape index (κ2) is 4.43. The molecule has 1 saturated heterocycles. The Morgan fingerprint density at radius 1 is 1.46 bits per heavy atom. The van der Waals surface area contributed by atoms with E-state index in [1.165, 1.54) is 32.4 Å². The van der Waals surface area contributed by atoms with Crippen molar-refractivity contribution in [2.24, 2.45) is 5.73 Å². The Labute approximate surface area is 82.5 Å². The second-order valence-corrected chi connectivity index (χ2v) is 5.02. The molecule has 1 aliphatic heterocycles. The summed E-state index contributed by atoms with van der Waals surface area (Å²) in [6, 6.07) is 0.366. The molecule has 0 bridgehead atoms. The SMILES string of the molecule is CC(N)CCCN1CCCC1(C)C. The molecule has 0 aromatic carbocycles. The van der Waals surface area contributed by atoms with E-state index >= 15 is 0 Å². The minimum Gasteiger partial charge on any atom is -0.328 e. The topological polar surface area (TPSA) is 29.3 Å². The smallest absolute Gasteiger partial charge is 0.0153 e. The van der Waals surface area contributed by atoms with E-state index in [1.54, 1.807) is 0 Å². The number of rotatable bonds is 4. The van der Waals surface area contributed by atoms with Gasteiger partial charge in [-0.15, -0.1) is 0 Å². The van der Waals surface area contributed by atoms with Gasteiger partial charge in [0.1, 0.15) is 0 Å². The maximum atomic E-state index is 5.73. The molecular weight excluding hydrogens is 160 g/mol. The molecule has 1 heterocycles. The van der Waals surface area contributed by atoms with Gasteiger partial charge < -0.3 is 5.73 Å². The first-order valence-corrected chi connectivity index (χ1v) is 5.53. The van der Waals surface area contributed by atoms with Crippen LogP contribution in [0.1, 0.15) is 46.5 Å². The van der Waals surface area contributed by atoms with E-state index in [4.69, 9.17) is 5.73 Å². The summed E-state index contributed by atoms with van der Waals surface area (Å²) in [5.74, 6) is 0. The van der Waals surface area contributed by atoms with Crippen LogP contribution in [0.15, 0.2) is 0 Å².